The van der Waals surface area contributed by atoms with Gasteiger partial charge in [-0.05, 0) is 12.8 Å². The first-order valence-corrected chi connectivity index (χ1v) is 7.34. The molecule has 0 radical (unpaired) electrons. The highest BCUT2D eigenvalue weighted by molar-refractivity contribution is 6.43. The van der Waals surface area contributed by atoms with Gasteiger partial charge in [-0.2, -0.15) is 9.97 Å². The van der Waals surface area contributed by atoms with Crippen molar-refractivity contribution in [3.63, 3.8) is 0 Å². The van der Waals surface area contributed by atoms with E-state index in [1.807, 2.05) is 0 Å². The summed E-state index contributed by atoms with van der Waals surface area (Å²) in [5.41, 5.74) is 0. The van der Waals surface area contributed by atoms with Crippen molar-refractivity contribution in [1.82, 2.24) is 15.0 Å². The van der Waals surface area contributed by atoms with Crippen LogP contribution >= 0.6 is 23.2 Å². The van der Waals surface area contributed by atoms with Crippen LogP contribution in [0.5, 0.6) is 12.0 Å². The summed E-state index contributed by atoms with van der Waals surface area (Å²) in [7, 11) is 0. The van der Waals surface area contributed by atoms with Crippen LogP contribution in [0.2, 0.25) is 0 Å². The Kier molecular flexibility index (Phi) is 7.82. The number of hydrogen-bond acceptors (Lipinski definition) is 5. The first-order chi connectivity index (χ1) is 9.17. The molecule has 5 nitrogen and oxygen atoms in total. The Morgan fingerprint density at radius 3 is 1.74 bits per heavy atom. The van der Waals surface area contributed by atoms with Crippen molar-refractivity contribution < 1.29 is 9.47 Å². The zero-order valence-corrected chi connectivity index (χ0v) is 12.7. The van der Waals surface area contributed by atoms with E-state index in [-0.39, 0.29) is 17.8 Å². The van der Waals surface area contributed by atoms with Gasteiger partial charge in [0.1, 0.15) is 0 Å². The van der Waals surface area contributed by atoms with Gasteiger partial charge in [-0.15, -0.1) is 4.98 Å². The second kappa shape index (κ2) is 9.15. The number of ether oxygens (including phenoxy) is 2. The molecule has 1 rings (SSSR count). The minimum Gasteiger partial charge on any atom is -0.463 e. The molecule has 108 valence electrons. The fourth-order valence-electron chi connectivity index (χ4n) is 1.20. The third-order valence-electron chi connectivity index (χ3n) is 2.26. The van der Waals surface area contributed by atoms with Gasteiger partial charge in [-0.25, -0.2) is 0 Å². The molecule has 0 amide bonds. The normalized spacial score (nSPS) is 10.8. The van der Waals surface area contributed by atoms with E-state index in [2.05, 4.69) is 28.8 Å². The smallest absolute Gasteiger partial charge is 0.322 e. The predicted molar refractivity (Wildman–Crippen MR) is 75.1 cm³/mol. The van der Waals surface area contributed by atoms with Gasteiger partial charge in [0.2, 0.25) is 0 Å². The number of unbranched alkanes of at least 4 members (excludes halogenated alkanes) is 2. The van der Waals surface area contributed by atoms with Crippen LogP contribution in [-0.4, -0.2) is 28.2 Å². The van der Waals surface area contributed by atoms with E-state index in [1.54, 1.807) is 0 Å². The lowest BCUT2D eigenvalue weighted by Gasteiger charge is -2.09. The molecule has 1 heterocycles. The molecule has 1 aromatic heterocycles. The molecule has 0 aliphatic rings. The van der Waals surface area contributed by atoms with Gasteiger partial charge in [0.15, 0.2) is 10.7 Å². The minimum atomic E-state index is -0.829. The molecule has 0 atom stereocenters. The van der Waals surface area contributed by atoms with Gasteiger partial charge in [0, 0.05) is 0 Å². The SMILES string of the molecule is CCCCOc1nc(OCCCC)nc(C(Cl)Cl)n1. The number of halogens is 2. The van der Waals surface area contributed by atoms with Gasteiger partial charge in [-0.1, -0.05) is 49.9 Å². The second-order valence-electron chi connectivity index (χ2n) is 3.96. The van der Waals surface area contributed by atoms with E-state index in [0.29, 0.717) is 13.2 Å². The Hall–Kier alpha value is -0.810. The summed E-state index contributed by atoms with van der Waals surface area (Å²) in [6.45, 7) is 5.25. The number of hydrogen-bond donors (Lipinski definition) is 0. The van der Waals surface area contributed by atoms with Crippen molar-refractivity contribution in [3.05, 3.63) is 5.82 Å². The number of aromatic nitrogens is 3. The van der Waals surface area contributed by atoms with E-state index in [0.717, 1.165) is 25.7 Å². The zero-order chi connectivity index (χ0) is 14.1. The standard InChI is InChI=1S/C12H19Cl2N3O2/c1-3-5-7-18-11-15-10(9(13)14)16-12(17-11)19-8-6-4-2/h9H,3-8H2,1-2H3. The van der Waals surface area contributed by atoms with Crippen LogP contribution in [0.3, 0.4) is 0 Å². The number of nitrogens with zero attached hydrogens (tertiary/aromatic N) is 3. The zero-order valence-electron chi connectivity index (χ0n) is 11.2. The lowest BCUT2D eigenvalue weighted by Crippen LogP contribution is -2.08. The van der Waals surface area contributed by atoms with Crippen molar-refractivity contribution >= 4 is 23.2 Å². The van der Waals surface area contributed by atoms with Crippen molar-refractivity contribution in [2.45, 2.75) is 44.4 Å². The first-order valence-electron chi connectivity index (χ1n) is 6.47. The van der Waals surface area contributed by atoms with Crippen molar-refractivity contribution in [2.75, 3.05) is 13.2 Å². The Morgan fingerprint density at radius 1 is 0.895 bits per heavy atom. The quantitative estimate of drug-likeness (QED) is 0.514. The average molecular weight is 308 g/mol. The summed E-state index contributed by atoms with van der Waals surface area (Å²) < 4.78 is 10.8. The molecule has 0 fully saturated rings. The molecule has 7 heteroatoms. The Morgan fingerprint density at radius 2 is 1.37 bits per heavy atom. The molecule has 0 unspecified atom stereocenters. The Balaban J connectivity index is 2.72. The molecule has 0 aliphatic carbocycles. The maximum absolute atomic E-state index is 5.77. The van der Waals surface area contributed by atoms with E-state index in [4.69, 9.17) is 32.7 Å². The lowest BCUT2D eigenvalue weighted by atomic mass is 10.4. The largest absolute Gasteiger partial charge is 0.463 e. The third kappa shape index (κ3) is 6.25. The highest BCUT2D eigenvalue weighted by Crippen LogP contribution is 2.24. The van der Waals surface area contributed by atoms with E-state index in [1.165, 1.54) is 0 Å². The van der Waals surface area contributed by atoms with Crippen LogP contribution in [0, 0.1) is 0 Å². The molecule has 0 bridgehead atoms. The fourth-order valence-corrected chi connectivity index (χ4v) is 1.39. The molecule has 0 aromatic carbocycles. The lowest BCUT2D eigenvalue weighted by molar-refractivity contribution is 0.254. The summed E-state index contributed by atoms with van der Waals surface area (Å²) in [6, 6.07) is 0.410. The number of alkyl halides is 2. The molecular formula is C12H19Cl2N3O2. The predicted octanol–water partition coefficient (Wildman–Crippen LogP) is 3.71. The van der Waals surface area contributed by atoms with Crippen molar-refractivity contribution in [1.29, 1.82) is 0 Å². The van der Waals surface area contributed by atoms with E-state index >= 15 is 0 Å². The van der Waals surface area contributed by atoms with Gasteiger partial charge in [0.05, 0.1) is 13.2 Å². The summed E-state index contributed by atoms with van der Waals surface area (Å²) in [5, 5.41) is 0. The van der Waals surface area contributed by atoms with Crippen LogP contribution in [0.15, 0.2) is 0 Å². The monoisotopic (exact) mass is 307 g/mol. The molecule has 0 aliphatic heterocycles. The first kappa shape index (κ1) is 16.2. The third-order valence-corrected chi connectivity index (χ3v) is 2.66. The molecule has 0 spiro atoms. The van der Waals surface area contributed by atoms with Crippen molar-refractivity contribution in [3.8, 4) is 12.0 Å². The molecule has 0 saturated carbocycles. The van der Waals surface area contributed by atoms with E-state index in [9.17, 15) is 0 Å². The van der Waals surface area contributed by atoms with Crippen LogP contribution in [0.25, 0.3) is 0 Å². The van der Waals surface area contributed by atoms with Gasteiger partial charge in [0.25, 0.3) is 0 Å². The highest BCUT2D eigenvalue weighted by atomic mass is 35.5. The maximum atomic E-state index is 5.77. The summed E-state index contributed by atoms with van der Waals surface area (Å²) in [5.74, 6) is 0.247. The average Bonchev–Trinajstić information content (AvgIpc) is 2.39. The fraction of sp³-hybridized carbons (Fsp3) is 0.750. The van der Waals surface area contributed by atoms with Crippen LogP contribution in [0.1, 0.15) is 50.2 Å². The molecule has 1 aromatic rings. The van der Waals surface area contributed by atoms with Crippen LogP contribution < -0.4 is 9.47 Å². The van der Waals surface area contributed by atoms with Crippen molar-refractivity contribution in [2.24, 2.45) is 0 Å². The van der Waals surface area contributed by atoms with E-state index < -0.39 is 4.84 Å². The Bertz CT molecular complexity index is 350. The molecule has 0 N–H and O–H groups in total. The summed E-state index contributed by atoms with van der Waals surface area (Å²) in [4.78, 5) is 11.3. The topological polar surface area (TPSA) is 57.1 Å². The highest BCUT2D eigenvalue weighted by Gasteiger charge is 2.14. The molecular weight excluding hydrogens is 289 g/mol. The molecule has 19 heavy (non-hydrogen) atoms. The van der Waals surface area contributed by atoms with Gasteiger partial charge >= 0.3 is 12.0 Å². The molecule has 0 saturated heterocycles. The maximum Gasteiger partial charge on any atom is 0.322 e. The van der Waals surface area contributed by atoms with Crippen LogP contribution in [0.4, 0.5) is 0 Å². The van der Waals surface area contributed by atoms with Gasteiger partial charge < -0.3 is 9.47 Å². The Labute approximate surface area is 123 Å². The van der Waals surface area contributed by atoms with Crippen LogP contribution in [-0.2, 0) is 0 Å². The summed E-state index contributed by atoms with van der Waals surface area (Å²) >= 11 is 11.5. The van der Waals surface area contributed by atoms with Gasteiger partial charge in [-0.3, -0.25) is 0 Å². The second-order valence-corrected chi connectivity index (χ2v) is 5.06. The summed E-state index contributed by atoms with van der Waals surface area (Å²) in [6.07, 6.45) is 3.92. The number of rotatable bonds is 9. The minimum absolute atomic E-state index is 0.205.